The average molecular weight is 368 g/mol. The number of hydrogen-bond donors (Lipinski definition) is 1. The Bertz CT molecular complexity index is 972. The summed E-state index contributed by atoms with van der Waals surface area (Å²) < 4.78 is 1.53. The van der Waals surface area contributed by atoms with Crippen molar-refractivity contribution in [1.29, 1.82) is 0 Å². The fourth-order valence-electron chi connectivity index (χ4n) is 2.45. The Morgan fingerprint density at radius 2 is 2.00 bits per heavy atom. The van der Waals surface area contributed by atoms with Gasteiger partial charge in [-0.2, -0.15) is 0 Å². The summed E-state index contributed by atoms with van der Waals surface area (Å²) in [7, 11) is 0. The van der Waals surface area contributed by atoms with E-state index in [0.717, 1.165) is 6.42 Å². The van der Waals surface area contributed by atoms with Gasteiger partial charge in [-0.15, -0.1) is 0 Å². The minimum absolute atomic E-state index is 0.0840. The molecule has 0 aliphatic rings. The summed E-state index contributed by atoms with van der Waals surface area (Å²) in [5.41, 5.74) is 0.897. The van der Waals surface area contributed by atoms with Crippen LogP contribution < -0.4 is 10.9 Å². The molecule has 1 atom stereocenters. The van der Waals surface area contributed by atoms with Crippen molar-refractivity contribution in [3.63, 3.8) is 0 Å². The van der Waals surface area contributed by atoms with E-state index in [1.807, 2.05) is 44.2 Å². The molecule has 3 aromatic rings. The summed E-state index contributed by atoms with van der Waals surface area (Å²) in [6.07, 6.45) is 2.47. The van der Waals surface area contributed by atoms with Crippen molar-refractivity contribution >= 4 is 28.7 Å². The third-order valence-corrected chi connectivity index (χ3v) is 4.92. The Kier molecular flexibility index (Phi) is 5.68. The number of hydrogen-bond acceptors (Lipinski definition) is 5. The molecule has 2 heterocycles. The largest absolute Gasteiger partial charge is 0.353 e. The maximum Gasteiger partial charge on any atom is 0.268 e. The second-order valence-corrected chi connectivity index (χ2v) is 6.85. The summed E-state index contributed by atoms with van der Waals surface area (Å²) in [6.45, 7) is 3.97. The molecule has 1 amide bonds. The first-order valence-electron chi connectivity index (χ1n) is 8.45. The second kappa shape index (κ2) is 8.14. The fraction of sp³-hybridized carbons (Fsp3) is 0.263. The third-order valence-electron chi connectivity index (χ3n) is 3.98. The SMILES string of the molecule is CCC(C)NC(=O)CSc1nc2ncccc2c(=O)n1-c1ccccc1. The number of fused-ring (bicyclic) bond motifs is 1. The van der Waals surface area contributed by atoms with Crippen LogP contribution in [0.5, 0.6) is 0 Å². The van der Waals surface area contributed by atoms with E-state index in [1.54, 1.807) is 18.3 Å². The summed E-state index contributed by atoms with van der Waals surface area (Å²) >= 11 is 1.23. The molecule has 0 saturated heterocycles. The van der Waals surface area contributed by atoms with Gasteiger partial charge in [-0.05, 0) is 37.6 Å². The molecule has 6 nitrogen and oxygen atoms in total. The van der Waals surface area contributed by atoms with E-state index in [1.165, 1.54) is 16.3 Å². The van der Waals surface area contributed by atoms with Crippen molar-refractivity contribution in [2.24, 2.45) is 0 Å². The highest BCUT2D eigenvalue weighted by Crippen LogP contribution is 2.20. The Balaban J connectivity index is 2.00. The molecule has 26 heavy (non-hydrogen) atoms. The number of nitrogens with zero attached hydrogens (tertiary/aromatic N) is 3. The van der Waals surface area contributed by atoms with E-state index in [-0.39, 0.29) is 23.3 Å². The molecule has 0 aliphatic carbocycles. The van der Waals surface area contributed by atoms with Crippen LogP contribution in [0.2, 0.25) is 0 Å². The highest BCUT2D eigenvalue weighted by atomic mass is 32.2. The van der Waals surface area contributed by atoms with Crippen LogP contribution >= 0.6 is 11.8 Å². The van der Waals surface area contributed by atoms with E-state index in [4.69, 9.17) is 0 Å². The van der Waals surface area contributed by atoms with Gasteiger partial charge in [-0.3, -0.25) is 14.2 Å². The lowest BCUT2D eigenvalue weighted by atomic mass is 10.3. The molecule has 7 heteroatoms. The number of para-hydroxylation sites is 1. The zero-order chi connectivity index (χ0) is 18.5. The standard InChI is InChI=1S/C19H20N4O2S/c1-3-13(2)21-16(24)12-26-19-22-17-15(10-7-11-20-17)18(25)23(19)14-8-5-4-6-9-14/h4-11,13H,3,12H2,1-2H3,(H,21,24). The fourth-order valence-corrected chi connectivity index (χ4v) is 3.26. The smallest absolute Gasteiger partial charge is 0.268 e. The minimum Gasteiger partial charge on any atom is -0.353 e. The molecule has 1 unspecified atom stereocenters. The molecule has 0 radical (unpaired) electrons. The molecule has 3 rings (SSSR count). The second-order valence-electron chi connectivity index (χ2n) is 5.91. The van der Waals surface area contributed by atoms with Gasteiger partial charge in [-0.25, -0.2) is 9.97 Å². The van der Waals surface area contributed by atoms with Gasteiger partial charge in [0.25, 0.3) is 5.56 Å². The van der Waals surface area contributed by atoms with Crippen LogP contribution in [0, 0.1) is 0 Å². The maximum atomic E-state index is 13.0. The Morgan fingerprint density at radius 3 is 2.73 bits per heavy atom. The van der Waals surface area contributed by atoms with E-state index in [2.05, 4.69) is 15.3 Å². The predicted molar refractivity (Wildman–Crippen MR) is 104 cm³/mol. The molecule has 1 N–H and O–H groups in total. The molecule has 0 fully saturated rings. The van der Waals surface area contributed by atoms with E-state index >= 15 is 0 Å². The van der Waals surface area contributed by atoms with Crippen LogP contribution in [-0.2, 0) is 4.79 Å². The Morgan fingerprint density at radius 1 is 1.23 bits per heavy atom. The van der Waals surface area contributed by atoms with Crippen LogP contribution in [0.15, 0.2) is 58.6 Å². The van der Waals surface area contributed by atoms with Gasteiger partial charge in [0.2, 0.25) is 5.91 Å². The molecule has 1 aromatic carbocycles. The lowest BCUT2D eigenvalue weighted by molar-refractivity contribution is -0.119. The monoisotopic (exact) mass is 368 g/mol. The van der Waals surface area contributed by atoms with Crippen molar-refractivity contribution in [1.82, 2.24) is 19.9 Å². The topological polar surface area (TPSA) is 76.9 Å². The van der Waals surface area contributed by atoms with Crippen molar-refractivity contribution < 1.29 is 4.79 Å². The molecule has 134 valence electrons. The summed E-state index contributed by atoms with van der Waals surface area (Å²) in [4.78, 5) is 33.8. The number of benzene rings is 1. The normalized spacial score (nSPS) is 12.1. The number of carbonyl (C=O) groups is 1. The lowest BCUT2D eigenvalue weighted by Gasteiger charge is -2.14. The first-order chi connectivity index (χ1) is 12.6. The van der Waals surface area contributed by atoms with Gasteiger partial charge in [0.1, 0.15) is 0 Å². The van der Waals surface area contributed by atoms with Gasteiger partial charge in [0.05, 0.1) is 16.8 Å². The number of amides is 1. The van der Waals surface area contributed by atoms with Crippen molar-refractivity contribution in [3.8, 4) is 5.69 Å². The molecule has 0 saturated carbocycles. The van der Waals surface area contributed by atoms with Gasteiger partial charge in [0, 0.05) is 12.2 Å². The Labute approximate surface area is 155 Å². The van der Waals surface area contributed by atoms with Gasteiger partial charge < -0.3 is 5.32 Å². The van der Waals surface area contributed by atoms with E-state index < -0.39 is 0 Å². The zero-order valence-electron chi connectivity index (χ0n) is 14.7. The molecule has 0 aliphatic heterocycles. The van der Waals surface area contributed by atoms with Crippen LogP contribution in [0.3, 0.4) is 0 Å². The van der Waals surface area contributed by atoms with Crippen molar-refractivity contribution in [2.45, 2.75) is 31.5 Å². The quantitative estimate of drug-likeness (QED) is 0.535. The lowest BCUT2D eigenvalue weighted by Crippen LogP contribution is -2.33. The first-order valence-corrected chi connectivity index (χ1v) is 9.44. The average Bonchev–Trinajstić information content (AvgIpc) is 2.67. The zero-order valence-corrected chi connectivity index (χ0v) is 15.5. The van der Waals surface area contributed by atoms with Crippen LogP contribution in [-0.4, -0.2) is 32.2 Å². The number of thioether (sulfide) groups is 1. The number of pyridine rings is 1. The van der Waals surface area contributed by atoms with Gasteiger partial charge in [-0.1, -0.05) is 36.9 Å². The van der Waals surface area contributed by atoms with E-state index in [9.17, 15) is 9.59 Å². The maximum absolute atomic E-state index is 13.0. The summed E-state index contributed by atoms with van der Waals surface area (Å²) in [6, 6.07) is 12.8. The van der Waals surface area contributed by atoms with Gasteiger partial charge in [0.15, 0.2) is 10.8 Å². The highest BCUT2D eigenvalue weighted by Gasteiger charge is 2.15. The number of nitrogens with one attached hydrogen (secondary N) is 1. The highest BCUT2D eigenvalue weighted by molar-refractivity contribution is 7.99. The molecule has 0 bridgehead atoms. The summed E-state index contributed by atoms with van der Waals surface area (Å²) in [5, 5.41) is 3.82. The number of carbonyl (C=O) groups excluding carboxylic acids is 1. The Hall–Kier alpha value is -2.67. The van der Waals surface area contributed by atoms with Crippen molar-refractivity contribution in [2.75, 3.05) is 5.75 Å². The molecule has 0 spiro atoms. The molecular formula is C19H20N4O2S. The third kappa shape index (κ3) is 3.94. The first kappa shape index (κ1) is 18.1. The molecule has 2 aromatic heterocycles. The van der Waals surface area contributed by atoms with Crippen LogP contribution in [0.1, 0.15) is 20.3 Å². The van der Waals surface area contributed by atoms with Crippen molar-refractivity contribution in [3.05, 3.63) is 59.0 Å². The summed E-state index contributed by atoms with van der Waals surface area (Å²) in [5.74, 6) is 0.0985. The van der Waals surface area contributed by atoms with Crippen LogP contribution in [0.25, 0.3) is 16.7 Å². The van der Waals surface area contributed by atoms with Crippen LogP contribution in [0.4, 0.5) is 0 Å². The minimum atomic E-state index is -0.195. The molecular weight excluding hydrogens is 348 g/mol. The number of rotatable bonds is 6. The number of aromatic nitrogens is 3. The van der Waals surface area contributed by atoms with E-state index in [0.29, 0.717) is 21.9 Å². The van der Waals surface area contributed by atoms with Gasteiger partial charge >= 0.3 is 0 Å². The predicted octanol–water partition coefficient (Wildman–Crippen LogP) is 2.79.